The lowest BCUT2D eigenvalue weighted by Gasteiger charge is -2.43. The second-order valence-electron chi connectivity index (χ2n) is 6.63. The zero-order valence-electron chi connectivity index (χ0n) is 11.9. The molecule has 108 valence electrons. The number of amides is 1. The van der Waals surface area contributed by atoms with Crippen LogP contribution in [0.4, 0.5) is 0 Å². The van der Waals surface area contributed by atoms with Crippen LogP contribution in [0.5, 0.6) is 0 Å². The van der Waals surface area contributed by atoms with Crippen molar-refractivity contribution in [2.75, 3.05) is 32.7 Å². The van der Waals surface area contributed by atoms with Crippen molar-refractivity contribution in [1.29, 1.82) is 0 Å². The van der Waals surface area contributed by atoms with Gasteiger partial charge in [-0.05, 0) is 32.2 Å². The van der Waals surface area contributed by atoms with Gasteiger partial charge in [0.25, 0.3) is 0 Å². The first kappa shape index (κ1) is 13.4. The number of carbonyl (C=O) groups excluding carboxylic acids is 1. The Labute approximate surface area is 116 Å². The predicted molar refractivity (Wildman–Crippen MR) is 75.7 cm³/mol. The van der Waals surface area contributed by atoms with E-state index in [1.807, 2.05) is 0 Å². The molecule has 2 aliphatic heterocycles. The Morgan fingerprint density at radius 1 is 1.11 bits per heavy atom. The van der Waals surface area contributed by atoms with Gasteiger partial charge in [-0.2, -0.15) is 0 Å². The van der Waals surface area contributed by atoms with Gasteiger partial charge in [-0.3, -0.25) is 9.69 Å². The summed E-state index contributed by atoms with van der Waals surface area (Å²) in [7, 11) is 0. The standard InChI is InChI=1S/C15H27N3O/c16-12-15(6-2-1-3-7-15)14(19)18-10-9-17-8-4-5-13(17)11-18/h13H,1-12,16H2. The van der Waals surface area contributed by atoms with Crippen LogP contribution in [0.15, 0.2) is 0 Å². The Morgan fingerprint density at radius 2 is 1.89 bits per heavy atom. The van der Waals surface area contributed by atoms with E-state index in [4.69, 9.17) is 5.73 Å². The van der Waals surface area contributed by atoms with Crippen LogP contribution in [0, 0.1) is 5.41 Å². The van der Waals surface area contributed by atoms with Crippen LogP contribution in [-0.2, 0) is 4.79 Å². The molecule has 0 aromatic rings. The van der Waals surface area contributed by atoms with E-state index in [0.717, 1.165) is 32.5 Å². The quantitative estimate of drug-likeness (QED) is 0.816. The molecule has 3 aliphatic rings. The van der Waals surface area contributed by atoms with E-state index in [0.29, 0.717) is 18.5 Å². The molecular weight excluding hydrogens is 238 g/mol. The van der Waals surface area contributed by atoms with Crippen molar-refractivity contribution in [2.45, 2.75) is 51.0 Å². The lowest BCUT2D eigenvalue weighted by Crippen LogP contribution is -2.57. The molecule has 0 radical (unpaired) electrons. The van der Waals surface area contributed by atoms with Crippen LogP contribution in [0.3, 0.4) is 0 Å². The Bertz CT molecular complexity index is 338. The van der Waals surface area contributed by atoms with Crippen molar-refractivity contribution in [2.24, 2.45) is 11.1 Å². The maximum atomic E-state index is 12.9. The van der Waals surface area contributed by atoms with Crippen LogP contribution < -0.4 is 5.73 Å². The van der Waals surface area contributed by atoms with Crippen molar-refractivity contribution < 1.29 is 4.79 Å². The summed E-state index contributed by atoms with van der Waals surface area (Å²) in [5, 5.41) is 0. The maximum Gasteiger partial charge on any atom is 0.230 e. The van der Waals surface area contributed by atoms with Gasteiger partial charge in [-0.25, -0.2) is 0 Å². The van der Waals surface area contributed by atoms with Crippen molar-refractivity contribution in [1.82, 2.24) is 9.80 Å². The van der Waals surface area contributed by atoms with E-state index in [-0.39, 0.29) is 5.41 Å². The molecule has 2 heterocycles. The molecule has 0 aromatic carbocycles. The third-order valence-electron chi connectivity index (χ3n) is 5.53. The Morgan fingerprint density at radius 3 is 2.63 bits per heavy atom. The van der Waals surface area contributed by atoms with Crippen LogP contribution in [0.1, 0.15) is 44.9 Å². The number of rotatable bonds is 2. The van der Waals surface area contributed by atoms with Gasteiger partial charge in [-0.15, -0.1) is 0 Å². The number of nitrogens with two attached hydrogens (primary N) is 1. The number of carbonyl (C=O) groups is 1. The highest BCUT2D eigenvalue weighted by Crippen LogP contribution is 2.38. The van der Waals surface area contributed by atoms with Gasteiger partial charge < -0.3 is 10.6 Å². The minimum Gasteiger partial charge on any atom is -0.339 e. The Kier molecular flexibility index (Phi) is 3.81. The van der Waals surface area contributed by atoms with E-state index < -0.39 is 0 Å². The van der Waals surface area contributed by atoms with Crippen LogP contribution >= 0.6 is 0 Å². The number of nitrogens with zero attached hydrogens (tertiary/aromatic N) is 2. The molecule has 1 unspecified atom stereocenters. The largest absolute Gasteiger partial charge is 0.339 e. The zero-order chi connectivity index (χ0) is 13.3. The summed E-state index contributed by atoms with van der Waals surface area (Å²) in [5.41, 5.74) is 5.77. The van der Waals surface area contributed by atoms with Gasteiger partial charge in [0, 0.05) is 32.2 Å². The average Bonchev–Trinajstić information content (AvgIpc) is 2.94. The minimum absolute atomic E-state index is 0.223. The molecule has 3 fully saturated rings. The maximum absolute atomic E-state index is 12.9. The lowest BCUT2D eigenvalue weighted by molar-refractivity contribution is -0.146. The molecule has 1 amide bonds. The molecule has 2 N–H and O–H groups in total. The fourth-order valence-electron chi connectivity index (χ4n) is 4.24. The highest BCUT2D eigenvalue weighted by Gasteiger charge is 2.43. The summed E-state index contributed by atoms with van der Waals surface area (Å²) >= 11 is 0. The van der Waals surface area contributed by atoms with E-state index in [2.05, 4.69) is 9.80 Å². The van der Waals surface area contributed by atoms with Gasteiger partial charge in [0.05, 0.1) is 5.41 Å². The first-order chi connectivity index (χ1) is 9.25. The van der Waals surface area contributed by atoms with E-state index in [9.17, 15) is 4.79 Å². The van der Waals surface area contributed by atoms with Crippen molar-refractivity contribution in [3.8, 4) is 0 Å². The first-order valence-corrected chi connectivity index (χ1v) is 7.99. The highest BCUT2D eigenvalue weighted by molar-refractivity contribution is 5.83. The number of piperazine rings is 1. The number of hydrogen-bond acceptors (Lipinski definition) is 3. The molecule has 4 nitrogen and oxygen atoms in total. The summed E-state index contributed by atoms with van der Waals surface area (Å²) in [4.78, 5) is 17.6. The Balaban J connectivity index is 1.68. The molecule has 3 rings (SSSR count). The smallest absolute Gasteiger partial charge is 0.230 e. The van der Waals surface area contributed by atoms with Gasteiger partial charge in [0.1, 0.15) is 0 Å². The topological polar surface area (TPSA) is 49.6 Å². The number of hydrogen-bond donors (Lipinski definition) is 1. The Hall–Kier alpha value is -0.610. The van der Waals surface area contributed by atoms with Crippen molar-refractivity contribution >= 4 is 5.91 Å². The summed E-state index contributed by atoms with van der Waals surface area (Å²) in [6, 6.07) is 0.621. The minimum atomic E-state index is -0.223. The lowest BCUT2D eigenvalue weighted by atomic mass is 9.73. The summed E-state index contributed by atoms with van der Waals surface area (Å²) in [6.45, 7) is 4.69. The molecule has 0 spiro atoms. The molecule has 1 saturated carbocycles. The van der Waals surface area contributed by atoms with Gasteiger partial charge in [-0.1, -0.05) is 19.3 Å². The second-order valence-corrected chi connectivity index (χ2v) is 6.63. The van der Waals surface area contributed by atoms with E-state index in [1.165, 1.54) is 38.6 Å². The predicted octanol–water partition coefficient (Wildman–Crippen LogP) is 1.20. The molecular formula is C15H27N3O. The second kappa shape index (κ2) is 5.41. The zero-order valence-corrected chi connectivity index (χ0v) is 11.9. The molecule has 1 aliphatic carbocycles. The molecule has 1 atom stereocenters. The molecule has 0 bridgehead atoms. The number of fused-ring (bicyclic) bond motifs is 1. The van der Waals surface area contributed by atoms with Crippen LogP contribution in [0.2, 0.25) is 0 Å². The molecule has 0 aromatic heterocycles. The summed E-state index contributed by atoms with van der Waals surface area (Å²) < 4.78 is 0. The van der Waals surface area contributed by atoms with E-state index in [1.54, 1.807) is 0 Å². The van der Waals surface area contributed by atoms with Crippen molar-refractivity contribution in [3.63, 3.8) is 0 Å². The van der Waals surface area contributed by atoms with Gasteiger partial charge in [0.15, 0.2) is 0 Å². The first-order valence-electron chi connectivity index (χ1n) is 7.99. The van der Waals surface area contributed by atoms with Gasteiger partial charge >= 0.3 is 0 Å². The summed E-state index contributed by atoms with van der Waals surface area (Å²) in [6.07, 6.45) is 8.19. The molecule has 19 heavy (non-hydrogen) atoms. The fraction of sp³-hybridized carbons (Fsp3) is 0.933. The van der Waals surface area contributed by atoms with Crippen LogP contribution in [-0.4, -0.2) is 54.5 Å². The monoisotopic (exact) mass is 265 g/mol. The third-order valence-corrected chi connectivity index (χ3v) is 5.53. The average molecular weight is 265 g/mol. The van der Waals surface area contributed by atoms with Crippen LogP contribution in [0.25, 0.3) is 0 Å². The highest BCUT2D eigenvalue weighted by atomic mass is 16.2. The SMILES string of the molecule is NCC1(C(=O)N2CCN3CCCC3C2)CCCCC1. The van der Waals surface area contributed by atoms with E-state index >= 15 is 0 Å². The van der Waals surface area contributed by atoms with Crippen molar-refractivity contribution in [3.05, 3.63) is 0 Å². The molecule has 2 saturated heterocycles. The molecule has 4 heteroatoms. The fourth-order valence-corrected chi connectivity index (χ4v) is 4.24. The normalized spacial score (nSPS) is 31.2. The van der Waals surface area contributed by atoms with Gasteiger partial charge in [0.2, 0.25) is 5.91 Å². The third kappa shape index (κ3) is 2.40. The summed E-state index contributed by atoms with van der Waals surface area (Å²) in [5.74, 6) is 0.362.